The molecular formula is C25H30N2O3. The summed E-state index contributed by atoms with van der Waals surface area (Å²) in [5.74, 6) is 1.13. The maximum atomic E-state index is 13.2. The third kappa shape index (κ3) is 3.35. The first-order valence-corrected chi connectivity index (χ1v) is 11.0. The fourth-order valence-corrected chi connectivity index (χ4v) is 5.68. The molecule has 3 aliphatic rings. The van der Waals surface area contributed by atoms with Crippen LogP contribution in [0.15, 0.2) is 47.3 Å². The van der Waals surface area contributed by atoms with Gasteiger partial charge in [-0.3, -0.25) is 9.69 Å². The second-order valence-electron chi connectivity index (χ2n) is 9.50. The summed E-state index contributed by atoms with van der Waals surface area (Å²) >= 11 is 0. The van der Waals surface area contributed by atoms with Gasteiger partial charge in [0.05, 0.1) is 18.6 Å². The Labute approximate surface area is 178 Å². The normalized spacial score (nSPS) is 28.5. The smallest absolute Gasteiger partial charge is 0.246 e. The van der Waals surface area contributed by atoms with E-state index in [0.717, 1.165) is 37.4 Å². The summed E-state index contributed by atoms with van der Waals surface area (Å²) in [5, 5.41) is 10.2. The van der Waals surface area contributed by atoms with E-state index in [-0.39, 0.29) is 17.4 Å². The Morgan fingerprint density at radius 2 is 2.20 bits per heavy atom. The minimum atomic E-state index is -0.176. The number of rotatable bonds is 5. The molecule has 5 heteroatoms. The van der Waals surface area contributed by atoms with Gasteiger partial charge in [0.15, 0.2) is 0 Å². The van der Waals surface area contributed by atoms with Gasteiger partial charge in [0.2, 0.25) is 5.91 Å². The van der Waals surface area contributed by atoms with Gasteiger partial charge in [0.1, 0.15) is 5.75 Å². The van der Waals surface area contributed by atoms with Gasteiger partial charge in [-0.05, 0) is 73.5 Å². The van der Waals surface area contributed by atoms with Gasteiger partial charge >= 0.3 is 0 Å². The van der Waals surface area contributed by atoms with Crippen LogP contribution in [0.5, 0.6) is 5.75 Å². The molecule has 2 fully saturated rings. The SMILES string of the molecule is CN(C(=O)/C=C/c1ccoc1)[C@@H]1[C@H]2Cc3ccc(O)cc3[C@@]1(C)CCN2CC1CC1. The van der Waals surface area contributed by atoms with Gasteiger partial charge in [-0.15, -0.1) is 0 Å². The predicted molar refractivity (Wildman–Crippen MR) is 116 cm³/mol. The number of benzene rings is 1. The molecule has 2 bridgehead atoms. The number of fused-ring (bicyclic) bond motifs is 4. The van der Waals surface area contributed by atoms with E-state index in [1.807, 2.05) is 30.2 Å². The van der Waals surface area contributed by atoms with Crippen molar-refractivity contribution in [1.82, 2.24) is 9.80 Å². The highest BCUT2D eigenvalue weighted by molar-refractivity contribution is 5.92. The minimum absolute atomic E-state index is 0.00861. The first-order valence-electron chi connectivity index (χ1n) is 11.0. The zero-order chi connectivity index (χ0) is 20.9. The van der Waals surface area contributed by atoms with Gasteiger partial charge in [0, 0.05) is 36.7 Å². The van der Waals surface area contributed by atoms with Crippen LogP contribution in [-0.2, 0) is 16.6 Å². The molecule has 0 radical (unpaired) electrons. The summed E-state index contributed by atoms with van der Waals surface area (Å²) in [6, 6.07) is 8.02. The Hall–Kier alpha value is -2.53. The lowest BCUT2D eigenvalue weighted by Crippen LogP contribution is -2.68. The van der Waals surface area contributed by atoms with Crippen LogP contribution in [0.4, 0.5) is 0 Å². The lowest BCUT2D eigenvalue weighted by molar-refractivity contribution is -0.132. The van der Waals surface area contributed by atoms with E-state index in [1.54, 1.807) is 24.7 Å². The molecule has 158 valence electrons. The van der Waals surface area contributed by atoms with E-state index in [0.29, 0.717) is 11.8 Å². The summed E-state index contributed by atoms with van der Waals surface area (Å²) in [4.78, 5) is 17.7. The summed E-state index contributed by atoms with van der Waals surface area (Å²) in [5.41, 5.74) is 3.22. The zero-order valence-corrected chi connectivity index (χ0v) is 17.8. The molecule has 5 rings (SSSR count). The number of nitrogens with zero attached hydrogens (tertiary/aromatic N) is 2. The Balaban J connectivity index is 1.49. The Kier molecular flexibility index (Phi) is 4.73. The number of carbonyl (C=O) groups is 1. The number of likely N-dealkylation sites (tertiary alicyclic amines) is 1. The molecule has 1 saturated carbocycles. The molecule has 0 unspecified atom stereocenters. The van der Waals surface area contributed by atoms with E-state index in [1.165, 1.54) is 24.0 Å². The third-order valence-corrected chi connectivity index (χ3v) is 7.46. The second-order valence-corrected chi connectivity index (χ2v) is 9.50. The Morgan fingerprint density at radius 3 is 2.93 bits per heavy atom. The minimum Gasteiger partial charge on any atom is -0.508 e. The van der Waals surface area contributed by atoms with Crippen LogP contribution in [-0.4, -0.2) is 53.0 Å². The lowest BCUT2D eigenvalue weighted by atomic mass is 9.61. The van der Waals surface area contributed by atoms with Crippen molar-refractivity contribution < 1.29 is 14.3 Å². The third-order valence-electron chi connectivity index (χ3n) is 7.46. The first-order chi connectivity index (χ1) is 14.5. The maximum Gasteiger partial charge on any atom is 0.246 e. The summed E-state index contributed by atoms with van der Waals surface area (Å²) in [6.07, 6.45) is 11.3. The molecule has 0 spiro atoms. The van der Waals surface area contributed by atoms with Crippen molar-refractivity contribution in [3.63, 3.8) is 0 Å². The summed E-state index contributed by atoms with van der Waals surface area (Å²) in [6.45, 7) is 4.47. The fourth-order valence-electron chi connectivity index (χ4n) is 5.68. The topological polar surface area (TPSA) is 56.9 Å². The molecule has 2 aliphatic carbocycles. The molecule has 1 amide bonds. The first kappa shape index (κ1) is 19.4. The van der Waals surface area contributed by atoms with E-state index in [4.69, 9.17) is 4.42 Å². The zero-order valence-electron chi connectivity index (χ0n) is 17.8. The van der Waals surface area contributed by atoms with E-state index < -0.39 is 0 Å². The van der Waals surface area contributed by atoms with Crippen molar-refractivity contribution in [2.24, 2.45) is 5.92 Å². The number of hydrogen-bond acceptors (Lipinski definition) is 4. The molecule has 1 N–H and O–H groups in total. The highest BCUT2D eigenvalue weighted by Crippen LogP contribution is 2.48. The average Bonchev–Trinajstić information content (AvgIpc) is 3.39. The van der Waals surface area contributed by atoms with Crippen molar-refractivity contribution in [2.75, 3.05) is 20.1 Å². The lowest BCUT2D eigenvalue weighted by Gasteiger charge is -2.58. The van der Waals surface area contributed by atoms with E-state index in [2.05, 4.69) is 17.9 Å². The number of furan rings is 1. The van der Waals surface area contributed by atoms with Crippen molar-refractivity contribution >= 4 is 12.0 Å². The molecule has 1 aromatic carbocycles. The highest BCUT2D eigenvalue weighted by atomic mass is 16.3. The second kappa shape index (κ2) is 7.31. The number of hydrogen-bond donors (Lipinski definition) is 1. The van der Waals surface area contributed by atoms with Gasteiger partial charge in [0.25, 0.3) is 0 Å². The average molecular weight is 407 g/mol. The maximum absolute atomic E-state index is 13.2. The summed E-state index contributed by atoms with van der Waals surface area (Å²) < 4.78 is 5.10. The van der Waals surface area contributed by atoms with Crippen LogP contribution in [0.3, 0.4) is 0 Å². The molecule has 1 saturated heterocycles. The van der Waals surface area contributed by atoms with Crippen molar-refractivity contribution in [1.29, 1.82) is 0 Å². The van der Waals surface area contributed by atoms with Crippen LogP contribution in [0, 0.1) is 5.92 Å². The van der Waals surface area contributed by atoms with Gasteiger partial charge in [-0.25, -0.2) is 0 Å². The fraction of sp³-hybridized carbons (Fsp3) is 0.480. The van der Waals surface area contributed by atoms with Crippen LogP contribution < -0.4 is 0 Å². The quantitative estimate of drug-likeness (QED) is 0.767. The molecule has 3 atom stereocenters. The Morgan fingerprint density at radius 1 is 1.37 bits per heavy atom. The monoisotopic (exact) mass is 406 g/mol. The number of likely N-dealkylation sites (N-methyl/N-ethyl adjacent to an activating group) is 1. The number of phenols is 1. The van der Waals surface area contributed by atoms with E-state index >= 15 is 0 Å². The van der Waals surface area contributed by atoms with Gasteiger partial charge < -0.3 is 14.4 Å². The molecule has 5 nitrogen and oxygen atoms in total. The number of aromatic hydroxyl groups is 1. The van der Waals surface area contributed by atoms with Gasteiger partial charge in [-0.1, -0.05) is 13.0 Å². The van der Waals surface area contributed by atoms with Crippen LogP contribution in [0.1, 0.15) is 42.9 Å². The van der Waals surface area contributed by atoms with Crippen LogP contribution >= 0.6 is 0 Å². The van der Waals surface area contributed by atoms with Crippen molar-refractivity contribution in [3.05, 3.63) is 59.6 Å². The highest BCUT2D eigenvalue weighted by Gasteiger charge is 2.53. The number of amides is 1. The molecular weight excluding hydrogens is 376 g/mol. The number of piperidine rings is 1. The molecule has 1 aromatic heterocycles. The Bertz CT molecular complexity index is 963. The summed E-state index contributed by atoms with van der Waals surface area (Å²) in [7, 11) is 1.94. The predicted octanol–water partition coefficient (Wildman–Crippen LogP) is 3.82. The molecule has 1 aliphatic heterocycles. The number of carbonyl (C=O) groups excluding carboxylic acids is 1. The van der Waals surface area contributed by atoms with Gasteiger partial charge in [-0.2, -0.15) is 0 Å². The molecule has 30 heavy (non-hydrogen) atoms. The molecule has 2 aromatic rings. The van der Waals surface area contributed by atoms with E-state index in [9.17, 15) is 9.90 Å². The number of phenolic OH excluding ortho intramolecular Hbond substituents is 1. The van der Waals surface area contributed by atoms with Crippen molar-refractivity contribution in [2.45, 2.75) is 50.1 Å². The van der Waals surface area contributed by atoms with Crippen LogP contribution in [0.2, 0.25) is 0 Å². The van der Waals surface area contributed by atoms with Crippen LogP contribution in [0.25, 0.3) is 6.08 Å². The molecule has 2 heterocycles. The van der Waals surface area contributed by atoms with Crippen molar-refractivity contribution in [3.8, 4) is 5.75 Å². The standard InChI is InChI=1S/C25H30N2O3/c1-25-10-11-27(15-17-3-4-17)22(13-19-6-7-20(28)14-21(19)25)24(25)26(2)23(29)8-5-18-9-12-30-16-18/h5-9,12,14,16-17,22,24,28H,3-4,10-11,13,15H2,1-2H3/b8-5+/t22-,24-,25-/m1/s1. The largest absolute Gasteiger partial charge is 0.508 e.